The third-order valence-electron chi connectivity index (χ3n) is 8.42. The molecule has 2 atom stereocenters. The first-order chi connectivity index (χ1) is 19.2. The van der Waals surface area contributed by atoms with Crippen molar-refractivity contribution in [3.8, 4) is 5.75 Å². The molecule has 212 valence electrons. The van der Waals surface area contributed by atoms with Gasteiger partial charge in [-0.15, -0.1) is 0 Å². The molecule has 8 heteroatoms. The summed E-state index contributed by atoms with van der Waals surface area (Å²) in [6, 6.07) is 10.4. The molecular formula is C31H46N6O2. The molecule has 39 heavy (non-hydrogen) atoms. The Morgan fingerprint density at radius 2 is 1.74 bits per heavy atom. The summed E-state index contributed by atoms with van der Waals surface area (Å²) >= 11 is 0. The van der Waals surface area contributed by atoms with E-state index in [9.17, 15) is 4.79 Å². The minimum absolute atomic E-state index is 0.130. The van der Waals surface area contributed by atoms with Crippen molar-refractivity contribution < 1.29 is 9.53 Å². The molecule has 1 N–H and O–H groups in total. The van der Waals surface area contributed by atoms with Crippen molar-refractivity contribution in [2.45, 2.75) is 83.2 Å². The largest absolute Gasteiger partial charge is 0.494 e. The molecule has 3 saturated heterocycles. The maximum atomic E-state index is 13.3. The number of nitrogens with zero attached hydrogens (tertiary/aromatic N) is 5. The van der Waals surface area contributed by atoms with Gasteiger partial charge in [0.25, 0.3) is 5.91 Å². The van der Waals surface area contributed by atoms with Crippen LogP contribution in [-0.4, -0.2) is 83.6 Å². The molecule has 2 unspecified atom stereocenters. The van der Waals surface area contributed by atoms with Crippen LogP contribution in [0, 0.1) is 0 Å². The summed E-state index contributed by atoms with van der Waals surface area (Å²) in [5, 5.41) is 3.65. The molecule has 3 aliphatic heterocycles. The van der Waals surface area contributed by atoms with Crippen molar-refractivity contribution in [1.82, 2.24) is 19.8 Å². The molecule has 0 bridgehead atoms. The number of carbonyl (C=O) groups excluding carboxylic acids is 1. The van der Waals surface area contributed by atoms with Crippen LogP contribution < -0.4 is 15.0 Å². The number of rotatable bonds is 9. The van der Waals surface area contributed by atoms with E-state index in [0.29, 0.717) is 12.1 Å². The van der Waals surface area contributed by atoms with Crippen molar-refractivity contribution in [2.75, 3.05) is 56.1 Å². The number of benzene rings is 1. The lowest BCUT2D eigenvalue weighted by Crippen LogP contribution is -2.54. The monoisotopic (exact) mass is 534 g/mol. The topological polar surface area (TPSA) is 73.8 Å². The first-order valence-electron chi connectivity index (χ1n) is 15.3. The number of nitrogens with one attached hydrogen (secondary N) is 1. The van der Waals surface area contributed by atoms with Crippen LogP contribution in [-0.2, 0) is 0 Å². The van der Waals surface area contributed by atoms with Gasteiger partial charge in [-0.2, -0.15) is 4.98 Å². The van der Waals surface area contributed by atoms with E-state index in [0.717, 1.165) is 107 Å². The molecule has 8 nitrogen and oxygen atoms in total. The zero-order valence-corrected chi connectivity index (χ0v) is 23.7. The lowest BCUT2D eigenvalue weighted by atomic mass is 9.98. The van der Waals surface area contributed by atoms with Crippen LogP contribution in [0.5, 0.6) is 5.75 Å². The van der Waals surface area contributed by atoms with Gasteiger partial charge >= 0.3 is 0 Å². The van der Waals surface area contributed by atoms with Gasteiger partial charge in [0.1, 0.15) is 11.6 Å². The van der Waals surface area contributed by atoms with E-state index in [1.54, 1.807) is 0 Å². The van der Waals surface area contributed by atoms with Gasteiger partial charge in [0.05, 0.1) is 6.61 Å². The van der Waals surface area contributed by atoms with Gasteiger partial charge in [0.15, 0.2) is 0 Å². The van der Waals surface area contributed by atoms with Crippen molar-refractivity contribution in [3.05, 3.63) is 42.1 Å². The molecule has 1 aromatic heterocycles. The molecule has 4 heterocycles. The van der Waals surface area contributed by atoms with Gasteiger partial charge < -0.3 is 19.9 Å². The van der Waals surface area contributed by atoms with Gasteiger partial charge in [-0.25, -0.2) is 4.98 Å². The third kappa shape index (κ3) is 7.62. The normalized spacial score (nSPS) is 22.8. The number of hydrogen-bond donors (Lipinski definition) is 1. The fourth-order valence-corrected chi connectivity index (χ4v) is 6.18. The number of ether oxygens (including phenoxy) is 1. The van der Waals surface area contributed by atoms with Crippen molar-refractivity contribution >= 4 is 17.7 Å². The number of amides is 1. The fraction of sp³-hybridized carbons (Fsp3) is 0.645. The highest BCUT2D eigenvalue weighted by Gasteiger charge is 2.31. The highest BCUT2D eigenvalue weighted by Crippen LogP contribution is 2.24. The number of piperidine rings is 2. The molecule has 5 rings (SSSR count). The van der Waals surface area contributed by atoms with Gasteiger partial charge in [-0.3, -0.25) is 9.69 Å². The highest BCUT2D eigenvalue weighted by molar-refractivity contribution is 5.94. The predicted octanol–water partition coefficient (Wildman–Crippen LogP) is 5.22. The maximum absolute atomic E-state index is 13.3. The Balaban J connectivity index is 1.15. The number of likely N-dealkylation sites (tertiary alicyclic amines) is 2. The summed E-state index contributed by atoms with van der Waals surface area (Å²) in [5.41, 5.74) is 0.748. The summed E-state index contributed by atoms with van der Waals surface area (Å²) in [7, 11) is 0. The lowest BCUT2D eigenvalue weighted by Gasteiger charge is -2.43. The van der Waals surface area contributed by atoms with Gasteiger partial charge in [-0.1, -0.05) is 26.2 Å². The molecule has 0 spiro atoms. The minimum Gasteiger partial charge on any atom is -0.494 e. The van der Waals surface area contributed by atoms with Crippen molar-refractivity contribution in [3.63, 3.8) is 0 Å². The SMILES string of the molecule is CCCCOc1ccc(C(=O)N2CCCC(N3CCCC(Nc4nccc(N5CCCCCC5)n4)C3)C2)cc1. The molecule has 1 amide bonds. The van der Waals surface area contributed by atoms with Gasteiger partial charge in [0.2, 0.25) is 5.95 Å². The molecule has 1 aromatic carbocycles. The second kappa shape index (κ2) is 14.0. The Kier molecular flexibility index (Phi) is 9.92. The fourth-order valence-electron chi connectivity index (χ4n) is 6.18. The first-order valence-corrected chi connectivity index (χ1v) is 15.3. The number of aromatic nitrogens is 2. The molecule has 0 aliphatic carbocycles. The average molecular weight is 535 g/mol. The zero-order valence-electron chi connectivity index (χ0n) is 23.7. The lowest BCUT2D eigenvalue weighted by molar-refractivity contribution is 0.0526. The Labute approximate surface area is 234 Å². The number of anilines is 2. The summed E-state index contributed by atoms with van der Waals surface area (Å²) in [5.74, 6) is 2.75. The van der Waals surface area contributed by atoms with Crippen LogP contribution >= 0.6 is 0 Å². The van der Waals surface area contributed by atoms with E-state index in [-0.39, 0.29) is 5.91 Å². The predicted molar refractivity (Wildman–Crippen MR) is 157 cm³/mol. The summed E-state index contributed by atoms with van der Waals surface area (Å²) < 4.78 is 5.77. The van der Waals surface area contributed by atoms with Crippen LogP contribution in [0.25, 0.3) is 0 Å². The molecular weight excluding hydrogens is 488 g/mol. The second-order valence-corrected chi connectivity index (χ2v) is 11.4. The van der Waals surface area contributed by atoms with E-state index in [1.165, 1.54) is 25.7 Å². The van der Waals surface area contributed by atoms with E-state index >= 15 is 0 Å². The van der Waals surface area contributed by atoms with E-state index < -0.39 is 0 Å². The number of carbonyl (C=O) groups is 1. The van der Waals surface area contributed by atoms with Crippen LogP contribution in [0.2, 0.25) is 0 Å². The Morgan fingerprint density at radius 1 is 0.949 bits per heavy atom. The second-order valence-electron chi connectivity index (χ2n) is 11.4. The summed E-state index contributed by atoms with van der Waals surface area (Å²) in [6.07, 6.45) is 13.6. The Morgan fingerprint density at radius 3 is 2.54 bits per heavy atom. The van der Waals surface area contributed by atoms with Crippen molar-refractivity contribution in [1.29, 1.82) is 0 Å². The van der Waals surface area contributed by atoms with Crippen molar-refractivity contribution in [2.24, 2.45) is 0 Å². The molecule has 3 fully saturated rings. The van der Waals surface area contributed by atoms with Gasteiger partial charge in [-0.05, 0) is 81.8 Å². The highest BCUT2D eigenvalue weighted by atomic mass is 16.5. The summed E-state index contributed by atoms with van der Waals surface area (Å²) in [6.45, 7) is 8.72. The standard InChI is InChI=1S/C31H46N6O2/c1-2-3-22-39-28-14-12-25(13-15-28)30(38)37-21-9-11-27(24-37)36-20-8-10-26(23-36)33-31-32-17-16-29(34-31)35-18-6-4-5-7-19-35/h12-17,26-27H,2-11,18-24H2,1H3,(H,32,33,34). The van der Waals surface area contributed by atoms with Gasteiger partial charge in [0, 0.05) is 56.6 Å². The maximum Gasteiger partial charge on any atom is 0.253 e. The van der Waals surface area contributed by atoms with Crippen LogP contribution in [0.1, 0.15) is 81.5 Å². The van der Waals surface area contributed by atoms with Crippen LogP contribution in [0.15, 0.2) is 36.5 Å². The zero-order chi connectivity index (χ0) is 26.9. The Bertz CT molecular complexity index is 1040. The number of hydrogen-bond acceptors (Lipinski definition) is 7. The van der Waals surface area contributed by atoms with E-state index in [4.69, 9.17) is 9.72 Å². The van der Waals surface area contributed by atoms with Crippen LogP contribution in [0.3, 0.4) is 0 Å². The quantitative estimate of drug-likeness (QED) is 0.442. The third-order valence-corrected chi connectivity index (χ3v) is 8.42. The minimum atomic E-state index is 0.130. The number of unbranched alkanes of at least 4 members (excludes halogenated alkanes) is 1. The molecule has 0 saturated carbocycles. The average Bonchev–Trinajstić information content (AvgIpc) is 3.28. The van der Waals surface area contributed by atoms with E-state index in [2.05, 4.69) is 27.0 Å². The first kappa shape index (κ1) is 27.7. The molecule has 3 aliphatic rings. The van der Waals surface area contributed by atoms with Crippen LogP contribution in [0.4, 0.5) is 11.8 Å². The van der Waals surface area contributed by atoms with E-state index in [1.807, 2.05) is 41.4 Å². The molecule has 2 aromatic rings. The Hall–Kier alpha value is -2.87. The smallest absolute Gasteiger partial charge is 0.253 e. The molecule has 0 radical (unpaired) electrons. The summed E-state index contributed by atoms with van der Waals surface area (Å²) in [4.78, 5) is 29.8.